The van der Waals surface area contributed by atoms with Gasteiger partial charge in [-0.25, -0.2) is 0 Å². The summed E-state index contributed by atoms with van der Waals surface area (Å²) in [6, 6.07) is 19.6. The van der Waals surface area contributed by atoms with Crippen LogP contribution in [-0.2, 0) is 27.4 Å². The van der Waals surface area contributed by atoms with Crippen molar-refractivity contribution in [3.8, 4) is 11.5 Å². The van der Waals surface area contributed by atoms with E-state index in [0.29, 0.717) is 56.5 Å². The van der Waals surface area contributed by atoms with Gasteiger partial charge in [0.1, 0.15) is 11.5 Å². The molecular formula is C31H36N2O6. The van der Waals surface area contributed by atoms with E-state index in [1.165, 1.54) is 5.56 Å². The van der Waals surface area contributed by atoms with Crippen molar-refractivity contribution in [2.75, 3.05) is 33.1 Å². The molecule has 8 heteroatoms. The highest BCUT2D eigenvalue weighted by atomic mass is 16.7. The summed E-state index contributed by atoms with van der Waals surface area (Å²) in [7, 11) is 0. The fourth-order valence-electron chi connectivity index (χ4n) is 5.05. The first-order valence-electron chi connectivity index (χ1n) is 13.6. The van der Waals surface area contributed by atoms with Crippen LogP contribution in [-0.4, -0.2) is 54.7 Å². The van der Waals surface area contributed by atoms with Gasteiger partial charge in [0.15, 0.2) is 11.5 Å². The number of aryl methyl sites for hydroxylation is 1. The van der Waals surface area contributed by atoms with Crippen LogP contribution in [0, 0.1) is 12.8 Å². The van der Waals surface area contributed by atoms with E-state index in [9.17, 15) is 9.59 Å². The van der Waals surface area contributed by atoms with Crippen molar-refractivity contribution in [3.63, 3.8) is 0 Å². The topological polar surface area (TPSA) is 81.5 Å². The van der Waals surface area contributed by atoms with Gasteiger partial charge in [-0.2, -0.15) is 0 Å². The Balaban J connectivity index is 1.31. The minimum atomic E-state index is -0.136. The summed E-state index contributed by atoms with van der Waals surface area (Å²) in [5.41, 5.74) is 2.09. The standard InChI is InChI=1S/C31H36N2O6/c1-3-36-15-7-14-32(31(35)27-17-26(27)24-8-5-4-6-9-24)20-30(34)33(19-25-12-10-22(2)39-25)18-23-11-13-28-29(16-23)38-21-37-28/h4-6,8-13,16,26-27H,3,7,14-15,17-21H2,1-2H3/t26-,27?/m0/s1. The summed E-state index contributed by atoms with van der Waals surface area (Å²) >= 11 is 0. The van der Waals surface area contributed by atoms with Crippen molar-refractivity contribution in [2.24, 2.45) is 5.92 Å². The fourth-order valence-corrected chi connectivity index (χ4v) is 5.05. The zero-order valence-electron chi connectivity index (χ0n) is 22.6. The van der Waals surface area contributed by atoms with Gasteiger partial charge in [-0.05, 0) is 68.0 Å². The molecule has 0 radical (unpaired) electrons. The number of nitrogens with zero attached hydrogens (tertiary/aromatic N) is 2. The summed E-state index contributed by atoms with van der Waals surface area (Å²) in [6.45, 7) is 6.33. The molecular weight excluding hydrogens is 496 g/mol. The van der Waals surface area contributed by atoms with Gasteiger partial charge in [0.25, 0.3) is 0 Å². The molecule has 0 saturated heterocycles. The number of amides is 2. The van der Waals surface area contributed by atoms with Gasteiger partial charge < -0.3 is 28.4 Å². The second-order valence-corrected chi connectivity index (χ2v) is 10.1. The number of hydrogen-bond acceptors (Lipinski definition) is 6. The molecule has 5 rings (SSSR count). The second-order valence-electron chi connectivity index (χ2n) is 10.1. The van der Waals surface area contributed by atoms with E-state index in [4.69, 9.17) is 18.6 Å². The predicted molar refractivity (Wildman–Crippen MR) is 145 cm³/mol. The lowest BCUT2D eigenvalue weighted by atomic mass is 10.1. The molecule has 1 aliphatic heterocycles. The molecule has 1 unspecified atom stereocenters. The van der Waals surface area contributed by atoms with E-state index in [0.717, 1.165) is 17.7 Å². The third-order valence-corrected chi connectivity index (χ3v) is 7.20. The van der Waals surface area contributed by atoms with Gasteiger partial charge in [0.05, 0.1) is 13.1 Å². The Kier molecular flexibility index (Phi) is 8.51. The van der Waals surface area contributed by atoms with Crippen molar-refractivity contribution in [3.05, 3.63) is 83.3 Å². The zero-order valence-corrected chi connectivity index (χ0v) is 22.6. The molecule has 1 aliphatic carbocycles. The molecule has 2 amide bonds. The van der Waals surface area contributed by atoms with Crippen molar-refractivity contribution in [1.82, 2.24) is 9.80 Å². The summed E-state index contributed by atoms with van der Waals surface area (Å²) in [5.74, 6) is 2.86. The molecule has 206 valence electrons. The maximum Gasteiger partial charge on any atom is 0.242 e. The first-order valence-corrected chi connectivity index (χ1v) is 13.6. The summed E-state index contributed by atoms with van der Waals surface area (Å²) in [5, 5.41) is 0. The molecule has 2 aliphatic rings. The van der Waals surface area contributed by atoms with Crippen LogP contribution >= 0.6 is 0 Å². The molecule has 8 nitrogen and oxygen atoms in total. The minimum Gasteiger partial charge on any atom is -0.464 e. The maximum atomic E-state index is 13.8. The zero-order chi connectivity index (χ0) is 27.2. The Morgan fingerprint density at radius 3 is 2.56 bits per heavy atom. The molecule has 0 spiro atoms. The molecule has 1 aromatic heterocycles. The SMILES string of the molecule is CCOCCCN(CC(=O)N(Cc1ccc2c(c1)OCO2)Cc1ccc(C)o1)C(=O)C1C[C@H]1c1ccccc1. The first-order chi connectivity index (χ1) is 19.0. The number of carbonyl (C=O) groups is 2. The first kappa shape index (κ1) is 26.8. The van der Waals surface area contributed by atoms with E-state index >= 15 is 0 Å². The molecule has 2 atom stereocenters. The van der Waals surface area contributed by atoms with Gasteiger partial charge in [-0.1, -0.05) is 36.4 Å². The highest BCUT2D eigenvalue weighted by Gasteiger charge is 2.46. The Morgan fingerprint density at radius 2 is 1.79 bits per heavy atom. The number of furan rings is 1. The highest BCUT2D eigenvalue weighted by molar-refractivity contribution is 5.88. The number of carbonyl (C=O) groups excluding carboxylic acids is 2. The molecule has 1 saturated carbocycles. The van der Waals surface area contributed by atoms with Crippen molar-refractivity contribution in [2.45, 2.75) is 45.7 Å². The molecule has 0 bridgehead atoms. The Bertz CT molecular complexity index is 1270. The van der Waals surface area contributed by atoms with Crippen LogP contribution in [0.25, 0.3) is 0 Å². The van der Waals surface area contributed by atoms with Crippen LogP contribution < -0.4 is 9.47 Å². The lowest BCUT2D eigenvalue weighted by molar-refractivity contribution is -0.142. The van der Waals surface area contributed by atoms with E-state index in [-0.39, 0.29) is 37.0 Å². The monoisotopic (exact) mass is 532 g/mol. The average Bonchev–Trinajstić information content (AvgIpc) is 3.43. The normalized spacial score (nSPS) is 17.2. The van der Waals surface area contributed by atoms with Gasteiger partial charge in [0, 0.05) is 32.2 Å². The fraction of sp³-hybridized carbons (Fsp3) is 0.419. The van der Waals surface area contributed by atoms with E-state index in [2.05, 4.69) is 12.1 Å². The van der Waals surface area contributed by atoms with Crippen molar-refractivity contribution >= 4 is 11.8 Å². The molecule has 2 heterocycles. The highest BCUT2D eigenvalue weighted by Crippen LogP contribution is 2.48. The number of benzene rings is 2. The van der Waals surface area contributed by atoms with E-state index < -0.39 is 0 Å². The summed E-state index contributed by atoms with van der Waals surface area (Å²) in [4.78, 5) is 30.9. The minimum absolute atomic E-state index is 0.00715. The van der Waals surface area contributed by atoms with Crippen LogP contribution in [0.15, 0.2) is 65.1 Å². The van der Waals surface area contributed by atoms with Crippen LogP contribution in [0.5, 0.6) is 11.5 Å². The summed E-state index contributed by atoms with van der Waals surface area (Å²) in [6.07, 6.45) is 1.49. The predicted octanol–water partition coefficient (Wildman–Crippen LogP) is 4.90. The number of fused-ring (bicyclic) bond motifs is 1. The number of rotatable bonds is 13. The largest absolute Gasteiger partial charge is 0.464 e. The van der Waals surface area contributed by atoms with Gasteiger partial charge >= 0.3 is 0 Å². The van der Waals surface area contributed by atoms with Gasteiger partial charge in [0.2, 0.25) is 18.6 Å². The van der Waals surface area contributed by atoms with Crippen molar-refractivity contribution in [1.29, 1.82) is 0 Å². The Labute approximate surface area is 229 Å². The van der Waals surface area contributed by atoms with Crippen LogP contribution in [0.2, 0.25) is 0 Å². The molecule has 1 fully saturated rings. The smallest absolute Gasteiger partial charge is 0.242 e. The number of ether oxygens (including phenoxy) is 3. The van der Waals surface area contributed by atoms with Gasteiger partial charge in [-0.15, -0.1) is 0 Å². The molecule has 2 aromatic carbocycles. The second kappa shape index (κ2) is 12.4. The van der Waals surface area contributed by atoms with E-state index in [1.54, 1.807) is 9.80 Å². The third-order valence-electron chi connectivity index (χ3n) is 7.20. The van der Waals surface area contributed by atoms with Crippen LogP contribution in [0.4, 0.5) is 0 Å². The lowest BCUT2D eigenvalue weighted by Crippen LogP contribution is -2.43. The van der Waals surface area contributed by atoms with E-state index in [1.807, 2.05) is 62.4 Å². The number of hydrogen-bond donors (Lipinski definition) is 0. The third kappa shape index (κ3) is 6.81. The molecule has 39 heavy (non-hydrogen) atoms. The van der Waals surface area contributed by atoms with Crippen LogP contribution in [0.1, 0.15) is 48.3 Å². The Morgan fingerprint density at radius 1 is 0.974 bits per heavy atom. The maximum absolute atomic E-state index is 13.8. The molecule has 0 N–H and O–H groups in total. The average molecular weight is 533 g/mol. The Hall–Kier alpha value is -3.78. The quantitative estimate of drug-likeness (QED) is 0.291. The lowest BCUT2D eigenvalue weighted by Gasteiger charge is -2.28. The van der Waals surface area contributed by atoms with Crippen molar-refractivity contribution < 1.29 is 28.2 Å². The van der Waals surface area contributed by atoms with Gasteiger partial charge in [-0.3, -0.25) is 9.59 Å². The summed E-state index contributed by atoms with van der Waals surface area (Å²) < 4.78 is 22.3. The molecule has 3 aromatic rings. The van der Waals surface area contributed by atoms with Crippen LogP contribution in [0.3, 0.4) is 0 Å².